The molecule has 1 unspecified atom stereocenters. The largest absolute Gasteiger partial charge is 0.508 e. The third kappa shape index (κ3) is 6.66. The lowest BCUT2D eigenvalue weighted by atomic mass is 10.1. The van der Waals surface area contributed by atoms with E-state index in [0.29, 0.717) is 23.1 Å². The van der Waals surface area contributed by atoms with Gasteiger partial charge in [0, 0.05) is 12.6 Å². The molecule has 2 rings (SSSR count). The number of carbonyl (C=O) groups is 1. The van der Waals surface area contributed by atoms with E-state index in [4.69, 9.17) is 26.8 Å². The molecule has 2 aromatic rings. The predicted molar refractivity (Wildman–Crippen MR) is 105 cm³/mol. The Kier molecular flexibility index (Phi) is 7.76. The van der Waals surface area contributed by atoms with Crippen molar-refractivity contribution in [3.8, 4) is 17.2 Å². The summed E-state index contributed by atoms with van der Waals surface area (Å²) in [6.45, 7) is 2.47. The van der Waals surface area contributed by atoms with Crippen molar-refractivity contribution in [1.82, 2.24) is 5.32 Å². The van der Waals surface area contributed by atoms with Crippen LogP contribution < -0.4 is 20.5 Å². The molecule has 0 bridgehead atoms. The number of aryl methyl sites for hydroxylation is 1. The van der Waals surface area contributed by atoms with Crippen LogP contribution in [0.4, 0.5) is 0 Å². The monoisotopic (exact) mass is 392 g/mol. The number of rotatable bonds is 10. The third-order valence-corrected chi connectivity index (χ3v) is 4.39. The van der Waals surface area contributed by atoms with Gasteiger partial charge in [-0.1, -0.05) is 23.7 Å². The highest BCUT2D eigenvalue weighted by molar-refractivity contribution is 6.32. The molecule has 0 saturated heterocycles. The van der Waals surface area contributed by atoms with Gasteiger partial charge in [0.1, 0.15) is 5.75 Å². The maximum Gasteiger partial charge on any atom is 0.255 e. The van der Waals surface area contributed by atoms with E-state index in [1.54, 1.807) is 18.2 Å². The summed E-state index contributed by atoms with van der Waals surface area (Å²) >= 11 is 6.26. The second-order valence-corrected chi connectivity index (χ2v) is 6.76. The molecule has 1 atom stereocenters. The van der Waals surface area contributed by atoms with Gasteiger partial charge in [-0.25, -0.2) is 0 Å². The maximum absolute atomic E-state index is 10.9. The zero-order valence-corrected chi connectivity index (χ0v) is 16.3. The van der Waals surface area contributed by atoms with Crippen LogP contribution in [0.25, 0.3) is 0 Å². The molecule has 0 aliphatic heterocycles. The van der Waals surface area contributed by atoms with Gasteiger partial charge in [0.25, 0.3) is 5.91 Å². The van der Waals surface area contributed by atoms with Crippen molar-refractivity contribution in [3.63, 3.8) is 0 Å². The highest BCUT2D eigenvalue weighted by Gasteiger charge is 2.13. The lowest BCUT2D eigenvalue weighted by Gasteiger charge is -2.16. The number of ether oxygens (including phenoxy) is 2. The van der Waals surface area contributed by atoms with E-state index < -0.39 is 5.91 Å². The zero-order chi connectivity index (χ0) is 19.8. The van der Waals surface area contributed by atoms with Crippen LogP contribution in [0.15, 0.2) is 36.4 Å². The molecule has 1 amide bonds. The average Bonchev–Trinajstić information content (AvgIpc) is 2.64. The molecule has 2 aromatic carbocycles. The second kappa shape index (κ2) is 10.0. The molecule has 0 aliphatic rings. The van der Waals surface area contributed by atoms with Crippen LogP contribution in [0, 0.1) is 0 Å². The van der Waals surface area contributed by atoms with Crippen molar-refractivity contribution in [2.75, 3.05) is 13.7 Å². The summed E-state index contributed by atoms with van der Waals surface area (Å²) < 4.78 is 10.6. The standard InChI is InChI=1S/C20H25ClN2O4/c1-13(3-4-14-5-7-16(24)8-6-14)23-11-15-9-17(21)20(18(10-15)26-2)27-12-19(22)25/h5-10,13,23-24H,3-4,11-12H2,1-2H3,(H2,22,25). The molecule has 0 aromatic heterocycles. The van der Waals surface area contributed by atoms with Gasteiger partial charge in [0.15, 0.2) is 18.1 Å². The molecular formula is C20H25ClN2O4. The van der Waals surface area contributed by atoms with Gasteiger partial charge in [0.05, 0.1) is 12.1 Å². The SMILES string of the molecule is COc1cc(CNC(C)CCc2ccc(O)cc2)cc(Cl)c1OCC(N)=O. The second-order valence-electron chi connectivity index (χ2n) is 6.35. The topological polar surface area (TPSA) is 93.8 Å². The number of phenolic OH excluding ortho intramolecular Hbond substituents is 1. The van der Waals surface area contributed by atoms with Crippen molar-refractivity contribution in [1.29, 1.82) is 0 Å². The van der Waals surface area contributed by atoms with E-state index in [1.807, 2.05) is 18.2 Å². The number of aromatic hydroxyl groups is 1. The van der Waals surface area contributed by atoms with Crippen LogP contribution in [-0.4, -0.2) is 30.8 Å². The van der Waals surface area contributed by atoms with Crippen molar-refractivity contribution >= 4 is 17.5 Å². The minimum Gasteiger partial charge on any atom is -0.508 e. The highest BCUT2D eigenvalue weighted by atomic mass is 35.5. The van der Waals surface area contributed by atoms with Gasteiger partial charge >= 0.3 is 0 Å². The normalized spacial score (nSPS) is 11.8. The Labute approximate surface area is 164 Å². The van der Waals surface area contributed by atoms with Crippen molar-refractivity contribution in [2.24, 2.45) is 5.73 Å². The van der Waals surface area contributed by atoms with Gasteiger partial charge in [0.2, 0.25) is 0 Å². The first-order valence-corrected chi connectivity index (χ1v) is 9.05. The average molecular weight is 393 g/mol. The third-order valence-electron chi connectivity index (χ3n) is 4.11. The number of phenols is 1. The van der Waals surface area contributed by atoms with Crippen molar-refractivity contribution < 1.29 is 19.4 Å². The number of halogens is 1. The van der Waals surface area contributed by atoms with E-state index in [0.717, 1.165) is 18.4 Å². The lowest BCUT2D eigenvalue weighted by Crippen LogP contribution is -2.26. The van der Waals surface area contributed by atoms with E-state index in [9.17, 15) is 9.90 Å². The van der Waals surface area contributed by atoms with E-state index >= 15 is 0 Å². The van der Waals surface area contributed by atoms with E-state index in [2.05, 4.69) is 12.2 Å². The molecule has 146 valence electrons. The number of hydrogen-bond acceptors (Lipinski definition) is 5. The molecule has 0 radical (unpaired) electrons. The summed E-state index contributed by atoms with van der Waals surface area (Å²) in [5, 5.41) is 13.1. The van der Waals surface area contributed by atoms with Crippen LogP contribution in [0.1, 0.15) is 24.5 Å². The molecule has 6 nitrogen and oxygen atoms in total. The number of benzene rings is 2. The lowest BCUT2D eigenvalue weighted by molar-refractivity contribution is -0.119. The molecular weight excluding hydrogens is 368 g/mol. The van der Waals surface area contributed by atoms with E-state index in [1.165, 1.54) is 12.7 Å². The fourth-order valence-corrected chi connectivity index (χ4v) is 2.89. The number of hydrogen-bond donors (Lipinski definition) is 3. The summed E-state index contributed by atoms with van der Waals surface area (Å²) in [4.78, 5) is 10.9. The summed E-state index contributed by atoms with van der Waals surface area (Å²) in [6.07, 6.45) is 1.87. The Bertz CT molecular complexity index is 765. The molecule has 0 heterocycles. The van der Waals surface area contributed by atoms with Crippen molar-refractivity contribution in [3.05, 3.63) is 52.5 Å². The number of carbonyl (C=O) groups excluding carboxylic acids is 1. The Morgan fingerprint density at radius 2 is 1.96 bits per heavy atom. The Morgan fingerprint density at radius 3 is 2.59 bits per heavy atom. The van der Waals surface area contributed by atoms with Crippen molar-refractivity contribution in [2.45, 2.75) is 32.4 Å². The summed E-state index contributed by atoms with van der Waals surface area (Å²) in [7, 11) is 1.51. The van der Waals surface area contributed by atoms with Gasteiger partial charge in [-0.3, -0.25) is 4.79 Å². The summed E-state index contributed by atoms with van der Waals surface area (Å²) in [5.41, 5.74) is 7.23. The van der Waals surface area contributed by atoms with Crippen LogP contribution >= 0.6 is 11.6 Å². The molecule has 4 N–H and O–H groups in total. The first kappa shape index (κ1) is 20.9. The molecule has 27 heavy (non-hydrogen) atoms. The van der Waals surface area contributed by atoms with Gasteiger partial charge in [-0.05, 0) is 55.2 Å². The number of nitrogens with one attached hydrogen (secondary N) is 1. The predicted octanol–water partition coefficient (Wildman–Crippen LogP) is 3.03. The first-order chi connectivity index (χ1) is 12.9. The number of methoxy groups -OCH3 is 1. The minimum absolute atomic E-state index is 0.262. The zero-order valence-electron chi connectivity index (χ0n) is 15.5. The molecule has 0 spiro atoms. The Hall–Kier alpha value is -2.44. The van der Waals surface area contributed by atoms with Gasteiger partial charge in [-0.15, -0.1) is 0 Å². The Morgan fingerprint density at radius 1 is 1.26 bits per heavy atom. The molecule has 0 saturated carbocycles. The Balaban J connectivity index is 1.91. The maximum atomic E-state index is 10.9. The van der Waals surface area contributed by atoms with Crippen LogP contribution in [0.5, 0.6) is 17.2 Å². The fraction of sp³-hybridized carbons (Fsp3) is 0.350. The smallest absolute Gasteiger partial charge is 0.255 e. The first-order valence-electron chi connectivity index (χ1n) is 8.68. The molecule has 7 heteroatoms. The quantitative estimate of drug-likeness (QED) is 0.577. The van der Waals surface area contributed by atoms with Gasteiger partial charge in [-0.2, -0.15) is 0 Å². The number of amides is 1. The fourth-order valence-electron chi connectivity index (χ4n) is 2.60. The molecule has 0 fully saturated rings. The van der Waals surface area contributed by atoms with Gasteiger partial charge < -0.3 is 25.6 Å². The van der Waals surface area contributed by atoms with Crippen LogP contribution in [-0.2, 0) is 17.8 Å². The minimum atomic E-state index is -0.582. The number of primary amides is 1. The highest BCUT2D eigenvalue weighted by Crippen LogP contribution is 2.36. The van der Waals surface area contributed by atoms with E-state index in [-0.39, 0.29) is 18.4 Å². The van der Waals surface area contributed by atoms with Crippen LogP contribution in [0.3, 0.4) is 0 Å². The summed E-state index contributed by atoms with van der Waals surface area (Å²) in [5.74, 6) is 0.458. The van der Waals surface area contributed by atoms with Crippen LogP contribution in [0.2, 0.25) is 5.02 Å². The number of nitrogens with two attached hydrogens (primary N) is 1. The molecule has 0 aliphatic carbocycles. The summed E-state index contributed by atoms with van der Waals surface area (Å²) in [6, 6.07) is 11.1.